The van der Waals surface area contributed by atoms with Gasteiger partial charge >= 0.3 is 6.09 Å². The van der Waals surface area contributed by atoms with Crippen molar-refractivity contribution in [3.63, 3.8) is 0 Å². The van der Waals surface area contributed by atoms with Crippen LogP contribution in [0.4, 0.5) is 10.5 Å². The maximum Gasteiger partial charge on any atom is 0.408 e. The monoisotopic (exact) mass is 480 g/mol. The summed E-state index contributed by atoms with van der Waals surface area (Å²) in [4.78, 5) is 27.7. The van der Waals surface area contributed by atoms with Crippen LogP contribution in [0.1, 0.15) is 53.5 Å². The van der Waals surface area contributed by atoms with Gasteiger partial charge in [-0.15, -0.1) is 0 Å². The molecule has 1 aromatic rings. The van der Waals surface area contributed by atoms with Gasteiger partial charge in [-0.2, -0.15) is 0 Å². The highest BCUT2D eigenvalue weighted by molar-refractivity contribution is 9.10. The van der Waals surface area contributed by atoms with Gasteiger partial charge in [-0.25, -0.2) is 4.79 Å². The van der Waals surface area contributed by atoms with E-state index in [2.05, 4.69) is 62.8 Å². The van der Waals surface area contributed by atoms with E-state index in [1.165, 1.54) is 0 Å². The van der Waals surface area contributed by atoms with Crippen molar-refractivity contribution in [3.05, 3.63) is 28.2 Å². The summed E-state index contributed by atoms with van der Waals surface area (Å²) in [7, 11) is -0.0192. The van der Waals surface area contributed by atoms with Crippen LogP contribution in [0, 0.1) is 0 Å². The molecule has 1 saturated heterocycles. The number of ether oxygens (including phenoxy) is 1. The zero-order valence-electron chi connectivity index (χ0n) is 18.5. The van der Waals surface area contributed by atoms with Crippen molar-refractivity contribution in [2.75, 3.05) is 11.9 Å². The van der Waals surface area contributed by atoms with E-state index in [1.807, 2.05) is 18.2 Å². The lowest BCUT2D eigenvalue weighted by Crippen LogP contribution is -2.60. The van der Waals surface area contributed by atoms with Gasteiger partial charge in [-0.1, -0.05) is 74.1 Å². The normalized spacial score (nSPS) is 24.5. The summed E-state index contributed by atoms with van der Waals surface area (Å²) in [6.07, 6.45) is -0.272. The second-order valence-corrected chi connectivity index (χ2v) is 16.6. The second kappa shape index (κ2) is 7.73. The highest BCUT2D eigenvalue weighted by atomic mass is 79.9. The van der Waals surface area contributed by atoms with Crippen molar-refractivity contribution < 1.29 is 14.3 Å². The van der Waals surface area contributed by atoms with Crippen molar-refractivity contribution in [1.29, 1.82) is 0 Å². The van der Waals surface area contributed by atoms with Crippen molar-refractivity contribution in [2.45, 2.75) is 82.3 Å². The number of nitrogens with one attached hydrogen (secondary N) is 1. The maximum atomic E-state index is 13.4. The lowest BCUT2D eigenvalue weighted by atomic mass is 9.85. The third-order valence-electron chi connectivity index (χ3n) is 7.38. The first-order valence-electron chi connectivity index (χ1n) is 10.5. The van der Waals surface area contributed by atoms with Gasteiger partial charge in [0.15, 0.2) is 5.54 Å². The van der Waals surface area contributed by atoms with E-state index >= 15 is 0 Å². The molecular formula is C22H33BrN2O3Si. The summed E-state index contributed by atoms with van der Waals surface area (Å²) in [6, 6.07) is 6.69. The average molecular weight is 482 g/mol. The van der Waals surface area contributed by atoms with Crippen LogP contribution in [0.5, 0.6) is 0 Å². The van der Waals surface area contributed by atoms with Gasteiger partial charge in [0, 0.05) is 29.2 Å². The number of benzene rings is 1. The van der Waals surface area contributed by atoms with Crippen LogP contribution in [-0.2, 0) is 15.1 Å². The van der Waals surface area contributed by atoms with Crippen molar-refractivity contribution in [1.82, 2.24) is 5.32 Å². The molecule has 2 aliphatic rings. The third kappa shape index (κ3) is 3.44. The van der Waals surface area contributed by atoms with Crippen LogP contribution in [0.3, 0.4) is 0 Å². The Labute approximate surface area is 183 Å². The quantitative estimate of drug-likeness (QED) is 0.541. The van der Waals surface area contributed by atoms with Gasteiger partial charge in [0.05, 0.1) is 8.07 Å². The molecule has 0 aliphatic carbocycles. The average Bonchev–Trinajstić information content (AvgIpc) is 2.80. The molecule has 2 aliphatic heterocycles. The predicted molar refractivity (Wildman–Crippen MR) is 123 cm³/mol. The zero-order chi connectivity index (χ0) is 21.7. The summed E-state index contributed by atoms with van der Waals surface area (Å²) in [5, 5.41) is 2.90. The van der Waals surface area contributed by atoms with Crippen LogP contribution in [0.25, 0.3) is 0 Å². The molecule has 3 rings (SSSR count). The molecule has 2 heterocycles. The molecule has 7 heteroatoms. The molecule has 1 spiro atoms. The second-order valence-electron chi connectivity index (χ2n) is 9.57. The number of carbonyl (C=O) groups is 2. The summed E-state index contributed by atoms with van der Waals surface area (Å²) in [5.74, 6) is -0.0850. The Bertz CT molecular complexity index is 805. The molecule has 29 heavy (non-hydrogen) atoms. The number of likely N-dealkylation sites (N-methyl/N-ethyl adjacent to an activating group) is 1. The number of amides is 2. The van der Waals surface area contributed by atoms with E-state index in [0.29, 0.717) is 23.0 Å². The van der Waals surface area contributed by atoms with Crippen LogP contribution in [0.2, 0.25) is 22.7 Å². The van der Waals surface area contributed by atoms with Gasteiger partial charge in [-0.3, -0.25) is 4.79 Å². The Hall–Kier alpha value is -1.34. The molecule has 2 atom stereocenters. The van der Waals surface area contributed by atoms with Gasteiger partial charge in [-0.05, 0) is 24.2 Å². The largest absolute Gasteiger partial charge is 0.446 e. The van der Waals surface area contributed by atoms with Crippen molar-refractivity contribution in [2.24, 2.45) is 0 Å². The summed E-state index contributed by atoms with van der Waals surface area (Å²) < 4.78 is 6.70. The first-order chi connectivity index (χ1) is 13.5. The van der Waals surface area contributed by atoms with Crippen LogP contribution < -0.4 is 10.2 Å². The Morgan fingerprint density at radius 2 is 1.76 bits per heavy atom. The highest BCUT2D eigenvalue weighted by Crippen LogP contribution is 2.50. The molecule has 5 nitrogen and oxygen atoms in total. The molecule has 0 radical (unpaired) electrons. The predicted octanol–water partition coefficient (Wildman–Crippen LogP) is 5.80. The smallest absolute Gasteiger partial charge is 0.408 e. The number of cyclic esters (lactones) is 1. The molecule has 0 unspecified atom stereocenters. The Kier molecular flexibility index (Phi) is 5.95. The number of carbonyl (C=O) groups excluding carboxylic acids is 2. The number of hydrogen-bond acceptors (Lipinski definition) is 3. The number of anilines is 1. The number of halogens is 1. The van der Waals surface area contributed by atoms with Gasteiger partial charge in [0.2, 0.25) is 0 Å². The third-order valence-corrected chi connectivity index (χ3v) is 15.5. The van der Waals surface area contributed by atoms with Crippen molar-refractivity contribution in [3.8, 4) is 0 Å². The minimum absolute atomic E-state index is 0.0850. The lowest BCUT2D eigenvalue weighted by molar-refractivity contribution is -0.126. The molecular weight excluding hydrogens is 448 g/mol. The first-order valence-corrected chi connectivity index (χ1v) is 13.8. The Balaban J connectivity index is 2.03. The lowest BCUT2D eigenvalue weighted by Gasteiger charge is -2.47. The molecule has 0 saturated carbocycles. The minimum atomic E-state index is -1.79. The van der Waals surface area contributed by atoms with Crippen LogP contribution >= 0.6 is 15.9 Å². The number of rotatable bonds is 5. The van der Waals surface area contributed by atoms with E-state index in [1.54, 1.807) is 11.9 Å². The molecule has 1 fully saturated rings. The number of nitrogens with zero attached hydrogens (tertiary/aromatic N) is 1. The van der Waals surface area contributed by atoms with Gasteiger partial charge in [0.25, 0.3) is 5.91 Å². The van der Waals surface area contributed by atoms with Crippen LogP contribution in [-0.4, -0.2) is 33.2 Å². The summed E-state index contributed by atoms with van der Waals surface area (Å²) >= 11 is 3.52. The Morgan fingerprint density at radius 3 is 2.31 bits per heavy atom. The van der Waals surface area contributed by atoms with E-state index in [0.717, 1.165) is 21.8 Å². The van der Waals surface area contributed by atoms with E-state index < -0.39 is 19.7 Å². The highest BCUT2D eigenvalue weighted by Gasteiger charge is 2.57. The number of fused-ring (bicyclic) bond motifs is 2. The van der Waals surface area contributed by atoms with E-state index in [-0.39, 0.29) is 12.0 Å². The fourth-order valence-corrected chi connectivity index (χ4v) is 12.8. The summed E-state index contributed by atoms with van der Waals surface area (Å²) in [6.45, 7) is 13.9. The van der Waals surface area contributed by atoms with Gasteiger partial charge < -0.3 is 15.0 Å². The van der Waals surface area contributed by atoms with E-state index in [4.69, 9.17) is 4.74 Å². The topological polar surface area (TPSA) is 58.6 Å². The molecule has 1 aromatic carbocycles. The fraction of sp³-hybridized carbons (Fsp3) is 0.636. The molecule has 0 bridgehead atoms. The molecule has 1 N–H and O–H groups in total. The Morgan fingerprint density at radius 1 is 1.17 bits per heavy atom. The number of alkyl carbamates (subject to hydrolysis) is 1. The molecule has 160 valence electrons. The van der Waals surface area contributed by atoms with Crippen LogP contribution in [0.15, 0.2) is 22.7 Å². The van der Waals surface area contributed by atoms with Crippen molar-refractivity contribution >= 4 is 41.7 Å². The summed E-state index contributed by atoms with van der Waals surface area (Å²) in [5.41, 5.74) is 2.35. The zero-order valence-corrected chi connectivity index (χ0v) is 21.1. The number of hydrogen-bond donors (Lipinski definition) is 1. The maximum absolute atomic E-state index is 13.4. The first kappa shape index (κ1) is 22.3. The van der Waals surface area contributed by atoms with E-state index in [9.17, 15) is 9.59 Å². The fourth-order valence-electron chi connectivity index (χ4n) is 5.98. The SMILES string of the molecule is CC(C)[Si](C[C@@H]1C[C@]2(NC(=O)O1)C(=O)N(C)c1ccc(Br)cc12)(C(C)C)C(C)C. The standard InChI is InChI=1S/C22H33BrN2O3Si/c1-13(2)29(14(3)4,15(5)6)12-17-11-22(24-21(27)28-17)18-10-16(23)8-9-19(18)25(7)20(22)26/h8-10,13-15,17H,11-12H2,1-7H3,(H,24,27)/t17-,22+/m0/s1. The van der Waals surface area contributed by atoms with Gasteiger partial charge in [0.1, 0.15) is 6.10 Å². The molecule has 2 amide bonds. The minimum Gasteiger partial charge on any atom is -0.446 e. The molecule has 0 aromatic heterocycles.